The van der Waals surface area contributed by atoms with Crippen molar-refractivity contribution in [2.75, 3.05) is 27.2 Å². The number of nitrogens with zero attached hydrogens (tertiary/aromatic N) is 4. The van der Waals surface area contributed by atoms with E-state index in [1.165, 1.54) is 0 Å². The Morgan fingerprint density at radius 2 is 2.29 bits per heavy atom. The van der Waals surface area contributed by atoms with E-state index >= 15 is 0 Å². The van der Waals surface area contributed by atoms with Crippen molar-refractivity contribution in [2.45, 2.75) is 12.3 Å². The van der Waals surface area contributed by atoms with Crippen molar-refractivity contribution in [1.82, 2.24) is 19.5 Å². The number of rotatable bonds is 2. The summed E-state index contributed by atoms with van der Waals surface area (Å²) in [6, 6.07) is 3.85. The first-order chi connectivity index (χ1) is 8.28. The lowest BCUT2D eigenvalue weighted by Gasteiger charge is -2.08. The van der Waals surface area contributed by atoms with Crippen LogP contribution in [0.2, 0.25) is 0 Å². The normalized spacial score (nSPS) is 21.2. The number of hydrogen-bond acceptors (Lipinski definition) is 4. The minimum Gasteiger partial charge on any atom is -0.497 e. The molecular formula is C12H16N4O. The van der Waals surface area contributed by atoms with Crippen LogP contribution in [-0.4, -0.2) is 46.7 Å². The van der Waals surface area contributed by atoms with Crippen molar-refractivity contribution in [3.05, 3.63) is 24.2 Å². The minimum absolute atomic E-state index is 0.489. The van der Waals surface area contributed by atoms with Gasteiger partial charge in [0.2, 0.25) is 0 Å². The molecule has 0 N–H and O–H groups in total. The van der Waals surface area contributed by atoms with Crippen molar-refractivity contribution >= 4 is 5.65 Å². The largest absolute Gasteiger partial charge is 0.497 e. The van der Waals surface area contributed by atoms with Crippen LogP contribution in [0.25, 0.3) is 5.65 Å². The van der Waals surface area contributed by atoms with Crippen LogP contribution in [0.5, 0.6) is 5.75 Å². The second-order valence-electron chi connectivity index (χ2n) is 4.60. The molecule has 90 valence electrons. The monoisotopic (exact) mass is 232 g/mol. The van der Waals surface area contributed by atoms with E-state index in [0.717, 1.165) is 36.7 Å². The lowest BCUT2D eigenvalue weighted by atomic mass is 10.1. The van der Waals surface area contributed by atoms with Gasteiger partial charge in [-0.3, -0.25) is 4.40 Å². The molecule has 2 aromatic rings. The molecule has 0 radical (unpaired) electrons. The maximum atomic E-state index is 5.18. The van der Waals surface area contributed by atoms with Crippen LogP contribution in [0.15, 0.2) is 18.3 Å². The Bertz CT molecular complexity index is 536. The molecule has 0 bridgehead atoms. The Hall–Kier alpha value is -1.62. The fraction of sp³-hybridized carbons (Fsp3) is 0.500. The average Bonchev–Trinajstić information content (AvgIpc) is 2.93. The molecule has 17 heavy (non-hydrogen) atoms. The van der Waals surface area contributed by atoms with Gasteiger partial charge in [0, 0.05) is 24.7 Å². The maximum Gasteiger partial charge on any atom is 0.164 e. The Morgan fingerprint density at radius 3 is 3.00 bits per heavy atom. The summed E-state index contributed by atoms with van der Waals surface area (Å²) in [4.78, 5) is 2.33. The number of pyridine rings is 1. The number of fused-ring (bicyclic) bond motifs is 1. The van der Waals surface area contributed by atoms with Crippen molar-refractivity contribution in [2.24, 2.45) is 0 Å². The lowest BCUT2D eigenvalue weighted by Crippen LogP contribution is -2.14. The molecule has 1 saturated heterocycles. The van der Waals surface area contributed by atoms with E-state index in [1.54, 1.807) is 7.11 Å². The van der Waals surface area contributed by atoms with Crippen molar-refractivity contribution in [1.29, 1.82) is 0 Å². The second-order valence-corrected chi connectivity index (χ2v) is 4.60. The van der Waals surface area contributed by atoms with Gasteiger partial charge in [0.05, 0.1) is 7.11 Å². The average molecular weight is 232 g/mol. The molecule has 1 unspecified atom stereocenters. The summed E-state index contributed by atoms with van der Waals surface area (Å²) in [7, 11) is 3.81. The van der Waals surface area contributed by atoms with Crippen LogP contribution >= 0.6 is 0 Å². The number of likely N-dealkylation sites (N-methyl/N-ethyl adjacent to an activating group) is 1. The zero-order valence-electron chi connectivity index (χ0n) is 10.1. The molecule has 5 heteroatoms. The number of aromatic nitrogens is 3. The first kappa shape index (κ1) is 10.5. The van der Waals surface area contributed by atoms with E-state index < -0.39 is 0 Å². The van der Waals surface area contributed by atoms with Crippen LogP contribution in [0, 0.1) is 0 Å². The summed E-state index contributed by atoms with van der Waals surface area (Å²) in [5.74, 6) is 2.37. The van der Waals surface area contributed by atoms with E-state index in [4.69, 9.17) is 4.74 Å². The number of methoxy groups -OCH3 is 1. The van der Waals surface area contributed by atoms with Crippen molar-refractivity contribution in [3.8, 4) is 5.75 Å². The molecule has 0 amide bonds. The highest BCUT2D eigenvalue weighted by molar-refractivity contribution is 5.44. The Labute approximate surface area is 100 Å². The Balaban J connectivity index is 2.00. The molecule has 1 fully saturated rings. The smallest absolute Gasteiger partial charge is 0.164 e. The third-order valence-corrected chi connectivity index (χ3v) is 3.40. The summed E-state index contributed by atoms with van der Waals surface area (Å²) in [6.45, 7) is 2.20. The van der Waals surface area contributed by atoms with Crippen LogP contribution in [0.3, 0.4) is 0 Å². The van der Waals surface area contributed by atoms with Crippen LogP contribution < -0.4 is 4.74 Å². The van der Waals surface area contributed by atoms with Gasteiger partial charge in [-0.05, 0) is 26.1 Å². The lowest BCUT2D eigenvalue weighted by molar-refractivity contribution is 0.409. The minimum atomic E-state index is 0.489. The van der Waals surface area contributed by atoms with Gasteiger partial charge in [0.15, 0.2) is 5.65 Å². The second kappa shape index (κ2) is 4.00. The van der Waals surface area contributed by atoms with Gasteiger partial charge >= 0.3 is 0 Å². The highest BCUT2D eigenvalue weighted by Gasteiger charge is 2.25. The van der Waals surface area contributed by atoms with Crippen LogP contribution in [0.4, 0.5) is 0 Å². The van der Waals surface area contributed by atoms with E-state index in [2.05, 4.69) is 26.5 Å². The predicted octanol–water partition coefficient (Wildman–Crippen LogP) is 1.16. The molecular weight excluding hydrogens is 216 g/mol. The number of ether oxygens (including phenoxy) is 1. The first-order valence-corrected chi connectivity index (χ1v) is 5.85. The quantitative estimate of drug-likeness (QED) is 0.779. The summed E-state index contributed by atoms with van der Waals surface area (Å²) in [6.07, 6.45) is 3.14. The first-order valence-electron chi connectivity index (χ1n) is 5.85. The van der Waals surface area contributed by atoms with Gasteiger partial charge in [-0.15, -0.1) is 10.2 Å². The van der Waals surface area contributed by atoms with Gasteiger partial charge in [-0.2, -0.15) is 0 Å². The molecule has 1 aliphatic rings. The van der Waals surface area contributed by atoms with Gasteiger partial charge in [-0.25, -0.2) is 0 Å². The molecule has 0 aromatic carbocycles. The molecule has 1 aliphatic heterocycles. The summed E-state index contributed by atoms with van der Waals surface area (Å²) >= 11 is 0. The topological polar surface area (TPSA) is 42.7 Å². The third kappa shape index (κ3) is 1.76. The number of likely N-dealkylation sites (tertiary alicyclic amines) is 1. The molecule has 2 aromatic heterocycles. The van der Waals surface area contributed by atoms with Gasteiger partial charge < -0.3 is 9.64 Å². The Kier molecular flexibility index (Phi) is 2.48. The van der Waals surface area contributed by atoms with Crippen LogP contribution in [0.1, 0.15) is 18.2 Å². The highest BCUT2D eigenvalue weighted by atomic mass is 16.5. The van der Waals surface area contributed by atoms with Crippen LogP contribution in [-0.2, 0) is 0 Å². The van der Waals surface area contributed by atoms with Gasteiger partial charge in [0.25, 0.3) is 0 Å². The van der Waals surface area contributed by atoms with E-state index in [1.807, 2.05) is 18.3 Å². The Morgan fingerprint density at radius 1 is 1.41 bits per heavy atom. The maximum absolute atomic E-state index is 5.18. The molecule has 5 nitrogen and oxygen atoms in total. The standard InChI is InChI=1S/C12H16N4O/c1-15-5-3-9(8-15)12-14-13-11-7-10(17-2)4-6-16(11)12/h4,6-7,9H,3,5,8H2,1-2H3. The molecule has 3 rings (SSSR count). The highest BCUT2D eigenvalue weighted by Crippen LogP contribution is 2.26. The van der Waals surface area contributed by atoms with Gasteiger partial charge in [-0.1, -0.05) is 0 Å². The third-order valence-electron chi connectivity index (χ3n) is 3.40. The zero-order valence-corrected chi connectivity index (χ0v) is 10.1. The predicted molar refractivity (Wildman–Crippen MR) is 64.4 cm³/mol. The molecule has 1 atom stereocenters. The fourth-order valence-corrected chi connectivity index (χ4v) is 2.44. The van der Waals surface area contributed by atoms with Crippen molar-refractivity contribution in [3.63, 3.8) is 0 Å². The van der Waals surface area contributed by atoms with E-state index in [0.29, 0.717) is 5.92 Å². The SMILES string of the molecule is COc1ccn2c(C3CCN(C)C3)nnc2c1. The fourth-order valence-electron chi connectivity index (χ4n) is 2.44. The zero-order chi connectivity index (χ0) is 11.8. The summed E-state index contributed by atoms with van der Waals surface area (Å²) < 4.78 is 7.25. The molecule has 0 aliphatic carbocycles. The van der Waals surface area contributed by atoms with E-state index in [9.17, 15) is 0 Å². The molecule has 0 saturated carbocycles. The van der Waals surface area contributed by atoms with Crippen molar-refractivity contribution < 1.29 is 4.74 Å². The summed E-state index contributed by atoms with van der Waals surface area (Å²) in [5.41, 5.74) is 0.855. The van der Waals surface area contributed by atoms with Gasteiger partial charge in [0.1, 0.15) is 11.6 Å². The van der Waals surface area contributed by atoms with E-state index in [-0.39, 0.29) is 0 Å². The molecule has 3 heterocycles. The molecule has 0 spiro atoms. The summed E-state index contributed by atoms with van der Waals surface area (Å²) in [5, 5.41) is 8.53. The number of hydrogen-bond donors (Lipinski definition) is 0.